The molecular weight excluding hydrogens is 248 g/mol. The molecule has 20 heavy (non-hydrogen) atoms. The minimum atomic E-state index is 0.694. The summed E-state index contributed by atoms with van der Waals surface area (Å²) in [5.74, 6) is 2.05. The van der Waals surface area contributed by atoms with Crippen molar-refractivity contribution in [1.82, 2.24) is 15.1 Å². The van der Waals surface area contributed by atoms with Gasteiger partial charge in [0, 0.05) is 32.2 Å². The molecule has 0 bridgehead atoms. The highest BCUT2D eigenvalue weighted by molar-refractivity contribution is 5.80. The standard InChI is InChI=1S/C16H30N4/c1-3-6-13-11-15(13)18-16(17-2)20-10-7-14(12-20)19-8-4-5-9-19/h13-15H,3-12H2,1-2H3,(H,17,18). The van der Waals surface area contributed by atoms with Crippen LogP contribution in [0.25, 0.3) is 0 Å². The highest BCUT2D eigenvalue weighted by Crippen LogP contribution is 2.34. The maximum absolute atomic E-state index is 4.52. The van der Waals surface area contributed by atoms with E-state index in [2.05, 4.69) is 27.0 Å². The zero-order valence-corrected chi connectivity index (χ0v) is 13.1. The molecule has 3 unspecified atom stereocenters. The molecule has 3 atom stereocenters. The van der Waals surface area contributed by atoms with Gasteiger partial charge in [-0.3, -0.25) is 9.89 Å². The predicted octanol–water partition coefficient (Wildman–Crippen LogP) is 1.92. The van der Waals surface area contributed by atoms with Crippen molar-refractivity contribution in [2.75, 3.05) is 33.2 Å². The van der Waals surface area contributed by atoms with Crippen LogP contribution < -0.4 is 5.32 Å². The fourth-order valence-corrected chi connectivity index (χ4v) is 3.92. The summed E-state index contributed by atoms with van der Waals surface area (Å²) < 4.78 is 0. The lowest BCUT2D eigenvalue weighted by molar-refractivity contribution is 0.249. The number of likely N-dealkylation sites (tertiary alicyclic amines) is 2. The molecule has 3 fully saturated rings. The molecule has 114 valence electrons. The van der Waals surface area contributed by atoms with E-state index in [1.807, 2.05) is 7.05 Å². The van der Waals surface area contributed by atoms with Gasteiger partial charge >= 0.3 is 0 Å². The summed E-state index contributed by atoms with van der Waals surface area (Å²) in [5, 5.41) is 3.69. The second-order valence-corrected chi connectivity index (χ2v) is 6.71. The van der Waals surface area contributed by atoms with Crippen molar-refractivity contribution in [3.8, 4) is 0 Å². The van der Waals surface area contributed by atoms with Crippen LogP contribution in [-0.2, 0) is 0 Å². The molecule has 0 aromatic rings. The fraction of sp³-hybridized carbons (Fsp3) is 0.938. The fourth-order valence-electron chi connectivity index (χ4n) is 3.92. The molecule has 0 amide bonds. The van der Waals surface area contributed by atoms with Crippen LogP contribution in [0.1, 0.15) is 45.4 Å². The Balaban J connectivity index is 1.48. The largest absolute Gasteiger partial charge is 0.353 e. The summed E-state index contributed by atoms with van der Waals surface area (Å²) in [7, 11) is 1.93. The van der Waals surface area contributed by atoms with Crippen LogP contribution in [0.15, 0.2) is 4.99 Å². The molecule has 0 radical (unpaired) electrons. The van der Waals surface area contributed by atoms with Gasteiger partial charge in [-0.05, 0) is 51.1 Å². The van der Waals surface area contributed by atoms with Crippen molar-refractivity contribution in [1.29, 1.82) is 0 Å². The second kappa shape index (κ2) is 6.33. The molecule has 0 aromatic heterocycles. The van der Waals surface area contributed by atoms with Gasteiger partial charge in [-0.2, -0.15) is 0 Å². The zero-order valence-electron chi connectivity index (χ0n) is 13.1. The zero-order chi connectivity index (χ0) is 13.9. The van der Waals surface area contributed by atoms with Gasteiger partial charge in [-0.1, -0.05) is 13.3 Å². The summed E-state index contributed by atoms with van der Waals surface area (Å²) in [4.78, 5) is 9.68. The van der Waals surface area contributed by atoms with Gasteiger partial charge in [0.25, 0.3) is 0 Å². The van der Waals surface area contributed by atoms with Crippen molar-refractivity contribution < 1.29 is 0 Å². The van der Waals surface area contributed by atoms with Crippen LogP contribution in [0.2, 0.25) is 0 Å². The molecule has 2 aliphatic heterocycles. The monoisotopic (exact) mass is 278 g/mol. The molecule has 3 aliphatic rings. The third kappa shape index (κ3) is 3.11. The van der Waals surface area contributed by atoms with Gasteiger partial charge in [0.2, 0.25) is 0 Å². The lowest BCUT2D eigenvalue weighted by Crippen LogP contribution is -2.43. The Kier molecular flexibility index (Phi) is 4.49. The van der Waals surface area contributed by atoms with Crippen molar-refractivity contribution >= 4 is 5.96 Å². The third-order valence-corrected chi connectivity index (χ3v) is 5.23. The van der Waals surface area contributed by atoms with Crippen molar-refractivity contribution in [2.24, 2.45) is 10.9 Å². The van der Waals surface area contributed by atoms with Crippen LogP contribution in [-0.4, -0.2) is 61.1 Å². The van der Waals surface area contributed by atoms with E-state index in [4.69, 9.17) is 0 Å². The minimum absolute atomic E-state index is 0.694. The van der Waals surface area contributed by atoms with Crippen LogP contribution >= 0.6 is 0 Å². The first-order valence-corrected chi connectivity index (χ1v) is 8.54. The predicted molar refractivity (Wildman–Crippen MR) is 84.1 cm³/mol. The van der Waals surface area contributed by atoms with E-state index in [1.165, 1.54) is 64.7 Å². The molecule has 3 rings (SSSR count). The van der Waals surface area contributed by atoms with Gasteiger partial charge < -0.3 is 10.2 Å². The smallest absolute Gasteiger partial charge is 0.193 e. The van der Waals surface area contributed by atoms with E-state index in [1.54, 1.807) is 0 Å². The number of rotatable bonds is 4. The minimum Gasteiger partial charge on any atom is -0.353 e. The summed E-state index contributed by atoms with van der Waals surface area (Å²) in [6.07, 6.45) is 8.11. The van der Waals surface area contributed by atoms with Gasteiger partial charge in [-0.15, -0.1) is 0 Å². The quantitative estimate of drug-likeness (QED) is 0.629. The first-order valence-electron chi connectivity index (χ1n) is 8.54. The topological polar surface area (TPSA) is 30.9 Å². The van der Waals surface area contributed by atoms with E-state index < -0.39 is 0 Å². The van der Waals surface area contributed by atoms with E-state index >= 15 is 0 Å². The van der Waals surface area contributed by atoms with Crippen LogP contribution in [0, 0.1) is 5.92 Å². The maximum atomic E-state index is 4.52. The molecule has 1 saturated carbocycles. The summed E-state index contributed by atoms with van der Waals surface area (Å²) in [6, 6.07) is 1.46. The SMILES string of the molecule is CCCC1CC1NC(=NC)N1CCC(N2CCCC2)C1. The maximum Gasteiger partial charge on any atom is 0.193 e. The van der Waals surface area contributed by atoms with Crippen LogP contribution in [0.5, 0.6) is 0 Å². The highest BCUT2D eigenvalue weighted by Gasteiger charge is 2.38. The Labute approximate surface area is 123 Å². The lowest BCUT2D eigenvalue weighted by Gasteiger charge is -2.25. The molecule has 1 aliphatic carbocycles. The highest BCUT2D eigenvalue weighted by atomic mass is 15.4. The lowest BCUT2D eigenvalue weighted by atomic mass is 10.2. The van der Waals surface area contributed by atoms with E-state index in [-0.39, 0.29) is 0 Å². The van der Waals surface area contributed by atoms with Gasteiger partial charge in [0.15, 0.2) is 5.96 Å². The van der Waals surface area contributed by atoms with Crippen LogP contribution in [0.3, 0.4) is 0 Å². The third-order valence-electron chi connectivity index (χ3n) is 5.23. The molecule has 4 nitrogen and oxygen atoms in total. The summed E-state index contributed by atoms with van der Waals surface area (Å²) in [5.41, 5.74) is 0. The summed E-state index contributed by atoms with van der Waals surface area (Å²) >= 11 is 0. The first kappa shape index (κ1) is 14.2. The number of nitrogens with one attached hydrogen (secondary N) is 1. The molecule has 0 aromatic carbocycles. The van der Waals surface area contributed by atoms with Gasteiger partial charge in [0.05, 0.1) is 0 Å². The Morgan fingerprint density at radius 1 is 1.25 bits per heavy atom. The van der Waals surface area contributed by atoms with Crippen molar-refractivity contribution in [2.45, 2.75) is 57.5 Å². The van der Waals surface area contributed by atoms with Crippen LogP contribution in [0.4, 0.5) is 0 Å². The Bertz CT molecular complexity index is 348. The molecule has 2 heterocycles. The van der Waals surface area contributed by atoms with E-state index in [0.29, 0.717) is 6.04 Å². The molecule has 4 heteroatoms. The average molecular weight is 278 g/mol. The van der Waals surface area contributed by atoms with Crippen molar-refractivity contribution in [3.05, 3.63) is 0 Å². The Morgan fingerprint density at radius 2 is 2.05 bits per heavy atom. The van der Waals surface area contributed by atoms with Crippen molar-refractivity contribution in [3.63, 3.8) is 0 Å². The molecule has 2 saturated heterocycles. The number of hydrogen-bond donors (Lipinski definition) is 1. The Hall–Kier alpha value is -0.770. The van der Waals surface area contributed by atoms with E-state index in [0.717, 1.165) is 17.9 Å². The number of hydrogen-bond acceptors (Lipinski definition) is 2. The first-order chi connectivity index (χ1) is 9.81. The molecular formula is C16H30N4. The van der Waals surface area contributed by atoms with Gasteiger partial charge in [-0.25, -0.2) is 0 Å². The van der Waals surface area contributed by atoms with Gasteiger partial charge in [0.1, 0.15) is 0 Å². The Morgan fingerprint density at radius 3 is 2.75 bits per heavy atom. The van der Waals surface area contributed by atoms with E-state index in [9.17, 15) is 0 Å². The average Bonchev–Trinajstić information content (AvgIpc) is 2.92. The number of guanidine groups is 1. The summed E-state index contributed by atoms with van der Waals surface area (Å²) in [6.45, 7) is 7.25. The normalized spacial score (nSPS) is 34.8. The second-order valence-electron chi connectivity index (χ2n) is 6.71. The number of aliphatic imine (C=N–C) groups is 1. The molecule has 1 N–H and O–H groups in total. The molecule has 0 spiro atoms. The number of nitrogens with zero attached hydrogens (tertiary/aromatic N) is 3.